The molecule has 24 heavy (non-hydrogen) atoms. The molecule has 8 heteroatoms. The Hall–Kier alpha value is -3.03. The maximum Gasteiger partial charge on any atom is 0.272 e. The second kappa shape index (κ2) is 7.49. The van der Waals surface area contributed by atoms with E-state index < -0.39 is 10.7 Å². The van der Waals surface area contributed by atoms with Crippen LogP contribution in [0.15, 0.2) is 30.3 Å². The van der Waals surface area contributed by atoms with Gasteiger partial charge in [0.1, 0.15) is 6.61 Å². The van der Waals surface area contributed by atoms with Gasteiger partial charge in [0.05, 0.1) is 32.3 Å². The van der Waals surface area contributed by atoms with Gasteiger partial charge in [-0.05, 0) is 23.8 Å². The molecule has 0 bridgehead atoms. The molecule has 0 atom stereocenters. The number of benzene rings is 2. The van der Waals surface area contributed by atoms with Gasteiger partial charge in [-0.2, -0.15) is 0 Å². The number of halogens is 1. The van der Waals surface area contributed by atoms with E-state index >= 15 is 0 Å². The molecule has 2 rings (SSSR count). The number of hydrogen-bond acceptors (Lipinski definition) is 6. The maximum absolute atomic E-state index is 13.8. The van der Waals surface area contributed by atoms with Gasteiger partial charge in [0.2, 0.25) is 5.75 Å². The fraction of sp³-hybridized carbons (Fsp3) is 0.250. The van der Waals surface area contributed by atoms with Gasteiger partial charge in [-0.15, -0.1) is 0 Å². The quantitative estimate of drug-likeness (QED) is 0.569. The monoisotopic (exact) mass is 337 g/mol. The summed E-state index contributed by atoms with van der Waals surface area (Å²) in [6, 6.07) is 6.54. The molecule has 0 aliphatic heterocycles. The van der Waals surface area contributed by atoms with Crippen molar-refractivity contribution in [3.05, 3.63) is 51.8 Å². The molecule has 0 N–H and O–H groups in total. The van der Waals surface area contributed by atoms with Crippen LogP contribution in [0.1, 0.15) is 5.56 Å². The van der Waals surface area contributed by atoms with Gasteiger partial charge in [-0.3, -0.25) is 10.1 Å². The van der Waals surface area contributed by atoms with Crippen LogP contribution in [0.4, 0.5) is 10.1 Å². The van der Waals surface area contributed by atoms with E-state index in [4.69, 9.17) is 18.9 Å². The topological polar surface area (TPSA) is 80.1 Å². The Labute approximate surface area is 137 Å². The van der Waals surface area contributed by atoms with Crippen molar-refractivity contribution in [2.75, 3.05) is 21.3 Å². The number of ether oxygens (including phenoxy) is 4. The minimum absolute atomic E-state index is 0.0193. The van der Waals surface area contributed by atoms with E-state index in [1.807, 2.05) is 0 Å². The first-order chi connectivity index (χ1) is 11.5. The molecular weight excluding hydrogens is 321 g/mol. The van der Waals surface area contributed by atoms with Crippen molar-refractivity contribution >= 4 is 5.69 Å². The van der Waals surface area contributed by atoms with Crippen LogP contribution in [0, 0.1) is 15.9 Å². The van der Waals surface area contributed by atoms with E-state index in [0.29, 0.717) is 22.8 Å². The standard InChI is InChI=1S/C16H16FNO6/c1-21-14-6-10(7-15(22-2)16(14)23-3)9-24-13-5-4-11(18(19)20)8-12(13)17/h4-8H,9H2,1-3H3. The van der Waals surface area contributed by atoms with Crippen LogP contribution >= 0.6 is 0 Å². The number of non-ortho nitro benzene ring substituents is 1. The number of methoxy groups -OCH3 is 3. The molecule has 128 valence electrons. The van der Waals surface area contributed by atoms with Crippen molar-refractivity contribution in [3.63, 3.8) is 0 Å². The molecule has 0 radical (unpaired) electrons. The van der Waals surface area contributed by atoms with Crippen molar-refractivity contribution in [1.82, 2.24) is 0 Å². The zero-order valence-electron chi connectivity index (χ0n) is 13.4. The highest BCUT2D eigenvalue weighted by Crippen LogP contribution is 2.38. The Morgan fingerprint density at radius 1 is 1.00 bits per heavy atom. The molecule has 0 spiro atoms. The summed E-state index contributed by atoms with van der Waals surface area (Å²) in [5.41, 5.74) is 0.315. The van der Waals surface area contributed by atoms with Crippen molar-refractivity contribution in [2.24, 2.45) is 0 Å². The average Bonchev–Trinajstić information content (AvgIpc) is 2.59. The SMILES string of the molecule is COc1cc(COc2ccc([N+](=O)[O-])cc2F)cc(OC)c1OC. The Balaban J connectivity index is 2.21. The van der Waals surface area contributed by atoms with Crippen LogP contribution in [0.25, 0.3) is 0 Å². The van der Waals surface area contributed by atoms with Crippen molar-refractivity contribution in [1.29, 1.82) is 0 Å². The molecule has 0 amide bonds. The van der Waals surface area contributed by atoms with Crippen molar-refractivity contribution < 1.29 is 28.3 Å². The average molecular weight is 337 g/mol. The highest BCUT2D eigenvalue weighted by atomic mass is 19.1. The first-order valence-corrected chi connectivity index (χ1v) is 6.85. The Morgan fingerprint density at radius 3 is 2.08 bits per heavy atom. The number of hydrogen-bond donors (Lipinski definition) is 0. The highest BCUT2D eigenvalue weighted by Gasteiger charge is 2.15. The summed E-state index contributed by atoms with van der Waals surface area (Å²) in [5, 5.41) is 10.6. The number of nitro benzene ring substituents is 1. The normalized spacial score (nSPS) is 10.2. The van der Waals surface area contributed by atoms with Crippen LogP contribution in [-0.4, -0.2) is 26.3 Å². The molecule has 0 aliphatic rings. The third-order valence-corrected chi connectivity index (χ3v) is 3.25. The van der Waals surface area contributed by atoms with Gasteiger partial charge in [0.25, 0.3) is 5.69 Å². The lowest BCUT2D eigenvalue weighted by Gasteiger charge is -2.14. The van der Waals surface area contributed by atoms with Crippen LogP contribution in [0.5, 0.6) is 23.0 Å². The molecule has 0 saturated heterocycles. The summed E-state index contributed by atoms with van der Waals surface area (Å²) >= 11 is 0. The van der Waals surface area contributed by atoms with E-state index in [-0.39, 0.29) is 18.0 Å². The lowest BCUT2D eigenvalue weighted by atomic mass is 10.2. The lowest BCUT2D eigenvalue weighted by Crippen LogP contribution is -2.01. The van der Waals surface area contributed by atoms with Crippen LogP contribution in [0.3, 0.4) is 0 Å². The predicted octanol–water partition coefficient (Wildman–Crippen LogP) is 3.34. The third kappa shape index (κ3) is 3.65. The molecule has 2 aromatic rings. The highest BCUT2D eigenvalue weighted by molar-refractivity contribution is 5.53. The molecule has 2 aromatic carbocycles. The summed E-state index contributed by atoms with van der Waals surface area (Å²) in [4.78, 5) is 9.93. The van der Waals surface area contributed by atoms with Gasteiger partial charge in [-0.25, -0.2) is 4.39 Å². The van der Waals surface area contributed by atoms with Gasteiger partial charge in [-0.1, -0.05) is 0 Å². The van der Waals surface area contributed by atoms with Gasteiger partial charge in [0.15, 0.2) is 23.1 Å². The number of rotatable bonds is 7. The Kier molecular flexibility index (Phi) is 5.41. The van der Waals surface area contributed by atoms with Crippen LogP contribution in [-0.2, 0) is 6.61 Å². The second-order valence-electron chi connectivity index (χ2n) is 4.69. The minimum atomic E-state index is -0.809. The zero-order valence-corrected chi connectivity index (χ0v) is 13.4. The second-order valence-corrected chi connectivity index (χ2v) is 4.69. The molecular formula is C16H16FNO6. The summed E-state index contributed by atoms with van der Waals surface area (Å²) < 4.78 is 34.9. The number of nitrogens with zero attached hydrogens (tertiary/aromatic N) is 1. The summed E-state index contributed by atoms with van der Waals surface area (Å²) in [6.07, 6.45) is 0. The molecule has 0 unspecified atom stereocenters. The van der Waals surface area contributed by atoms with E-state index in [0.717, 1.165) is 6.07 Å². The zero-order chi connectivity index (χ0) is 17.7. The molecule has 0 aromatic heterocycles. The molecule has 7 nitrogen and oxygen atoms in total. The molecule has 0 aliphatic carbocycles. The molecule has 0 fully saturated rings. The predicted molar refractivity (Wildman–Crippen MR) is 83.5 cm³/mol. The first-order valence-electron chi connectivity index (χ1n) is 6.85. The Morgan fingerprint density at radius 2 is 1.62 bits per heavy atom. The van der Waals surface area contributed by atoms with E-state index in [1.54, 1.807) is 12.1 Å². The van der Waals surface area contributed by atoms with E-state index in [1.165, 1.54) is 33.5 Å². The minimum Gasteiger partial charge on any atom is -0.493 e. The van der Waals surface area contributed by atoms with Crippen molar-refractivity contribution in [2.45, 2.75) is 6.61 Å². The summed E-state index contributed by atoms with van der Waals surface area (Å²) in [7, 11) is 4.46. The van der Waals surface area contributed by atoms with Gasteiger partial charge >= 0.3 is 0 Å². The largest absolute Gasteiger partial charge is 0.493 e. The lowest BCUT2D eigenvalue weighted by molar-refractivity contribution is -0.385. The number of nitro groups is 1. The van der Waals surface area contributed by atoms with E-state index in [9.17, 15) is 14.5 Å². The van der Waals surface area contributed by atoms with Gasteiger partial charge in [0, 0.05) is 6.07 Å². The summed E-state index contributed by atoms with van der Waals surface area (Å²) in [6.45, 7) is 0.0193. The Bertz CT molecular complexity index is 724. The van der Waals surface area contributed by atoms with Gasteiger partial charge < -0.3 is 18.9 Å². The molecule has 0 saturated carbocycles. The first kappa shape index (κ1) is 17.3. The maximum atomic E-state index is 13.8. The fourth-order valence-corrected chi connectivity index (χ4v) is 2.10. The molecule has 0 heterocycles. The van der Waals surface area contributed by atoms with Crippen LogP contribution < -0.4 is 18.9 Å². The summed E-state index contributed by atoms with van der Waals surface area (Å²) in [5.74, 6) is 0.426. The van der Waals surface area contributed by atoms with E-state index in [2.05, 4.69) is 0 Å². The smallest absolute Gasteiger partial charge is 0.272 e. The van der Waals surface area contributed by atoms with Crippen LogP contribution in [0.2, 0.25) is 0 Å². The van der Waals surface area contributed by atoms with Crippen molar-refractivity contribution in [3.8, 4) is 23.0 Å². The third-order valence-electron chi connectivity index (χ3n) is 3.25. The fourth-order valence-electron chi connectivity index (χ4n) is 2.10.